The molecule has 0 N–H and O–H groups in total. The zero-order chi connectivity index (χ0) is 12.9. The Hall–Kier alpha value is -0.800. The van der Waals surface area contributed by atoms with Crippen molar-refractivity contribution < 1.29 is 23.1 Å². The number of methoxy groups -OCH3 is 1. The summed E-state index contributed by atoms with van der Waals surface area (Å²) in [5, 5.41) is 0. The fourth-order valence-corrected chi connectivity index (χ4v) is 2.90. The van der Waals surface area contributed by atoms with E-state index in [1.807, 2.05) is 0 Å². The summed E-state index contributed by atoms with van der Waals surface area (Å²) in [5.41, 5.74) is 0.487. The van der Waals surface area contributed by atoms with Gasteiger partial charge < -0.3 is 13.8 Å². The van der Waals surface area contributed by atoms with Gasteiger partial charge in [0, 0.05) is 13.1 Å². The Morgan fingerprint density at radius 3 is 2.59 bits per heavy atom. The molecule has 1 rings (SSSR count). The molecular weight excluding hydrogens is 243 g/mol. The van der Waals surface area contributed by atoms with Gasteiger partial charge in [0.15, 0.2) is 0 Å². The molecular formula is C11H19O5P. The zero-order valence-corrected chi connectivity index (χ0v) is 11.4. The van der Waals surface area contributed by atoms with E-state index in [0.29, 0.717) is 30.8 Å². The summed E-state index contributed by atoms with van der Waals surface area (Å²) in [5.74, 6) is 0.0542. The predicted molar refractivity (Wildman–Crippen MR) is 63.8 cm³/mol. The molecule has 1 aliphatic rings. The summed E-state index contributed by atoms with van der Waals surface area (Å²) < 4.78 is 27.0. The van der Waals surface area contributed by atoms with Crippen LogP contribution in [0.5, 0.6) is 0 Å². The molecule has 1 unspecified atom stereocenters. The largest absolute Gasteiger partial charge is 0.466 e. The molecule has 0 heterocycles. The Bertz CT molecular complexity index is 361. The maximum atomic E-state index is 11.9. The van der Waals surface area contributed by atoms with Gasteiger partial charge in [-0.05, 0) is 26.2 Å². The summed E-state index contributed by atoms with van der Waals surface area (Å²) in [4.78, 5) is 11.5. The van der Waals surface area contributed by atoms with Crippen LogP contribution in [0.1, 0.15) is 32.6 Å². The molecule has 5 nitrogen and oxygen atoms in total. The number of hydrogen-bond acceptors (Lipinski definition) is 5. The number of esters is 1. The van der Waals surface area contributed by atoms with Crippen LogP contribution in [-0.4, -0.2) is 26.4 Å². The number of ether oxygens (including phenoxy) is 1. The Kier molecular flexibility index (Phi) is 5.22. The Morgan fingerprint density at radius 1 is 1.35 bits per heavy atom. The van der Waals surface area contributed by atoms with Gasteiger partial charge in [-0.15, -0.1) is 0 Å². The van der Waals surface area contributed by atoms with Gasteiger partial charge in [-0.2, -0.15) is 0 Å². The second kappa shape index (κ2) is 6.22. The topological polar surface area (TPSA) is 61.8 Å². The lowest BCUT2D eigenvalue weighted by molar-refractivity contribution is -0.136. The first-order valence-electron chi connectivity index (χ1n) is 5.72. The van der Waals surface area contributed by atoms with Gasteiger partial charge in [-0.25, -0.2) is 9.36 Å². The lowest BCUT2D eigenvalue weighted by atomic mass is 9.98. The van der Waals surface area contributed by atoms with Crippen molar-refractivity contribution in [3.63, 3.8) is 0 Å². The van der Waals surface area contributed by atoms with Crippen LogP contribution >= 0.6 is 7.60 Å². The second-order valence-corrected chi connectivity index (χ2v) is 5.86. The van der Waals surface area contributed by atoms with Gasteiger partial charge in [-0.3, -0.25) is 0 Å². The highest BCUT2D eigenvalue weighted by molar-refractivity contribution is 7.53. The average Bonchev–Trinajstić information content (AvgIpc) is 2.28. The van der Waals surface area contributed by atoms with Crippen LogP contribution in [-0.2, 0) is 23.1 Å². The highest BCUT2D eigenvalue weighted by Gasteiger charge is 2.26. The Labute approximate surface area is 102 Å². The monoisotopic (exact) mass is 262 g/mol. The first-order chi connectivity index (χ1) is 8.00. The third-order valence-electron chi connectivity index (χ3n) is 2.49. The summed E-state index contributed by atoms with van der Waals surface area (Å²) in [6.45, 7) is 3.47. The van der Waals surface area contributed by atoms with E-state index in [1.165, 1.54) is 13.8 Å². The van der Waals surface area contributed by atoms with Gasteiger partial charge in [-0.1, -0.05) is 0 Å². The maximum Gasteiger partial charge on any atom is 0.375 e. The highest BCUT2D eigenvalue weighted by atomic mass is 31.2. The third-order valence-corrected chi connectivity index (χ3v) is 3.77. The summed E-state index contributed by atoms with van der Waals surface area (Å²) in [6.07, 6.45) is 3.05. The molecule has 0 spiro atoms. The fourth-order valence-electron chi connectivity index (χ4n) is 1.78. The van der Waals surface area contributed by atoms with E-state index in [4.69, 9.17) is 9.05 Å². The van der Waals surface area contributed by atoms with Gasteiger partial charge >= 0.3 is 13.6 Å². The molecule has 1 aliphatic carbocycles. The highest BCUT2D eigenvalue weighted by Crippen LogP contribution is 2.48. The third kappa shape index (κ3) is 4.17. The molecule has 0 saturated carbocycles. The lowest BCUT2D eigenvalue weighted by Crippen LogP contribution is -2.13. The van der Waals surface area contributed by atoms with Crippen LogP contribution in [0, 0.1) is 0 Å². The van der Waals surface area contributed by atoms with Crippen LogP contribution in [0.2, 0.25) is 0 Å². The van der Waals surface area contributed by atoms with Crippen molar-refractivity contribution in [2.45, 2.75) is 32.6 Å². The maximum absolute atomic E-state index is 11.9. The number of hydrogen-bond donors (Lipinski definition) is 0. The van der Waals surface area contributed by atoms with E-state index in [2.05, 4.69) is 4.74 Å². The smallest absolute Gasteiger partial charge is 0.375 e. The molecule has 0 aromatic heterocycles. The van der Waals surface area contributed by atoms with Gasteiger partial charge in [0.1, 0.15) is 5.76 Å². The molecule has 0 radical (unpaired) electrons. The van der Waals surface area contributed by atoms with Crippen molar-refractivity contribution in [2.75, 3.05) is 20.4 Å². The predicted octanol–water partition coefficient (Wildman–Crippen LogP) is 2.86. The minimum Gasteiger partial charge on any atom is -0.466 e. The average molecular weight is 262 g/mol. The van der Waals surface area contributed by atoms with E-state index >= 15 is 0 Å². The van der Waals surface area contributed by atoms with E-state index in [-0.39, 0.29) is 0 Å². The van der Waals surface area contributed by atoms with Crippen molar-refractivity contribution in [2.24, 2.45) is 0 Å². The standard InChI is InChI=1S/C11H19O5P/c1-4-15-17(3,13)16-10-8-6-5-7-9(10)11(12)14-2/h4-8H2,1-3H3. The molecule has 0 aromatic rings. The fraction of sp³-hybridized carbons (Fsp3) is 0.727. The number of rotatable bonds is 5. The molecule has 0 fully saturated rings. The van der Waals surface area contributed by atoms with Crippen molar-refractivity contribution in [1.29, 1.82) is 0 Å². The number of carbonyl (C=O) groups is 1. The molecule has 98 valence electrons. The van der Waals surface area contributed by atoms with E-state index in [1.54, 1.807) is 6.92 Å². The summed E-state index contributed by atoms with van der Waals surface area (Å²) in [6, 6.07) is 0. The van der Waals surface area contributed by atoms with E-state index in [0.717, 1.165) is 12.8 Å². The van der Waals surface area contributed by atoms with Gasteiger partial charge in [0.2, 0.25) is 0 Å². The minimum atomic E-state index is -3.11. The van der Waals surface area contributed by atoms with Crippen molar-refractivity contribution in [3.8, 4) is 0 Å². The Balaban J connectivity index is 2.87. The molecule has 0 amide bonds. The molecule has 0 aromatic carbocycles. The zero-order valence-electron chi connectivity index (χ0n) is 10.5. The SMILES string of the molecule is CCOP(C)(=O)OC1=C(C(=O)OC)CCCC1. The van der Waals surface area contributed by atoms with Crippen molar-refractivity contribution in [1.82, 2.24) is 0 Å². The van der Waals surface area contributed by atoms with Crippen LogP contribution in [0.4, 0.5) is 0 Å². The first kappa shape index (κ1) is 14.3. The Morgan fingerprint density at radius 2 is 2.00 bits per heavy atom. The molecule has 0 bridgehead atoms. The van der Waals surface area contributed by atoms with Crippen LogP contribution < -0.4 is 0 Å². The van der Waals surface area contributed by atoms with Crippen LogP contribution in [0.3, 0.4) is 0 Å². The van der Waals surface area contributed by atoms with Crippen LogP contribution in [0.15, 0.2) is 11.3 Å². The summed E-state index contributed by atoms with van der Waals surface area (Å²) >= 11 is 0. The quantitative estimate of drug-likeness (QED) is 0.563. The van der Waals surface area contributed by atoms with Gasteiger partial charge in [0.25, 0.3) is 0 Å². The van der Waals surface area contributed by atoms with Crippen LogP contribution in [0.25, 0.3) is 0 Å². The minimum absolute atomic E-state index is 0.314. The van der Waals surface area contributed by atoms with E-state index < -0.39 is 13.6 Å². The molecule has 0 aliphatic heterocycles. The van der Waals surface area contributed by atoms with Crippen molar-refractivity contribution >= 4 is 13.6 Å². The normalized spacial score (nSPS) is 19.7. The first-order valence-corrected chi connectivity index (χ1v) is 7.71. The molecule has 6 heteroatoms. The lowest BCUT2D eigenvalue weighted by Gasteiger charge is -2.22. The van der Waals surface area contributed by atoms with Gasteiger partial charge in [0.05, 0.1) is 19.3 Å². The van der Waals surface area contributed by atoms with Crippen molar-refractivity contribution in [3.05, 3.63) is 11.3 Å². The second-order valence-electron chi connectivity index (χ2n) is 3.88. The number of allylic oxidation sites excluding steroid dienone is 1. The number of carbonyl (C=O) groups excluding carboxylic acids is 1. The molecule has 0 saturated heterocycles. The molecule has 17 heavy (non-hydrogen) atoms. The summed E-state index contributed by atoms with van der Waals surface area (Å²) in [7, 11) is -1.79. The molecule has 1 atom stereocenters. The van der Waals surface area contributed by atoms with E-state index in [9.17, 15) is 9.36 Å².